The van der Waals surface area contributed by atoms with E-state index in [0.29, 0.717) is 19.1 Å². The summed E-state index contributed by atoms with van der Waals surface area (Å²) in [5, 5.41) is 6.79. The molecule has 0 aromatic carbocycles. The highest BCUT2D eigenvalue weighted by Crippen LogP contribution is 2.23. The predicted molar refractivity (Wildman–Crippen MR) is 113 cm³/mol. The third-order valence-corrected chi connectivity index (χ3v) is 6.30. The number of aliphatic imine (C=N–C) groups is 1. The molecule has 0 bridgehead atoms. The van der Waals surface area contributed by atoms with Gasteiger partial charge in [-0.25, -0.2) is 12.7 Å². The highest BCUT2D eigenvalue weighted by atomic mass is 127. The van der Waals surface area contributed by atoms with E-state index in [1.807, 2.05) is 0 Å². The molecule has 0 aromatic heterocycles. The van der Waals surface area contributed by atoms with Crippen LogP contribution in [-0.2, 0) is 10.0 Å². The number of hydrogen-bond donors (Lipinski definition) is 2. The van der Waals surface area contributed by atoms with Crippen molar-refractivity contribution in [2.24, 2.45) is 10.9 Å². The van der Waals surface area contributed by atoms with E-state index >= 15 is 0 Å². The van der Waals surface area contributed by atoms with Crippen molar-refractivity contribution < 1.29 is 8.42 Å². The number of rotatable bonds is 8. The largest absolute Gasteiger partial charge is 0.357 e. The Morgan fingerprint density at radius 1 is 1.21 bits per heavy atom. The van der Waals surface area contributed by atoms with E-state index in [9.17, 15) is 8.42 Å². The number of guanidine groups is 1. The number of hydrogen-bond acceptors (Lipinski definition) is 3. The Hall–Kier alpha value is -0.0900. The third kappa shape index (κ3) is 8.84. The minimum absolute atomic E-state index is 0. The Balaban J connectivity index is 0.00000529. The van der Waals surface area contributed by atoms with Crippen molar-refractivity contribution in [2.45, 2.75) is 58.9 Å². The molecule has 0 saturated heterocycles. The van der Waals surface area contributed by atoms with Gasteiger partial charge in [-0.15, -0.1) is 24.0 Å². The molecule has 1 rings (SSSR count). The van der Waals surface area contributed by atoms with Crippen molar-refractivity contribution in [3.63, 3.8) is 0 Å². The molecule has 0 atom stereocenters. The molecule has 1 saturated carbocycles. The fourth-order valence-corrected chi connectivity index (χ4v) is 3.61. The van der Waals surface area contributed by atoms with Crippen molar-refractivity contribution >= 4 is 40.0 Å². The van der Waals surface area contributed by atoms with Crippen molar-refractivity contribution in [3.8, 4) is 0 Å². The Kier molecular flexibility index (Phi) is 12.2. The lowest BCUT2D eigenvalue weighted by Gasteiger charge is -2.28. The molecule has 2 N–H and O–H groups in total. The highest BCUT2D eigenvalue weighted by Gasteiger charge is 2.19. The Morgan fingerprint density at radius 3 is 2.38 bits per heavy atom. The quantitative estimate of drug-likeness (QED) is 0.245. The summed E-state index contributed by atoms with van der Waals surface area (Å²) in [7, 11) is -1.45. The van der Waals surface area contributed by atoms with Gasteiger partial charge in [-0.2, -0.15) is 0 Å². The lowest BCUT2D eigenvalue weighted by Crippen LogP contribution is -2.44. The van der Waals surface area contributed by atoms with Crippen molar-refractivity contribution in [1.82, 2.24) is 14.9 Å². The Labute approximate surface area is 165 Å². The van der Waals surface area contributed by atoms with Crippen LogP contribution in [0.2, 0.25) is 0 Å². The second kappa shape index (κ2) is 12.3. The van der Waals surface area contributed by atoms with Gasteiger partial charge >= 0.3 is 0 Å². The number of nitrogens with one attached hydrogen (secondary N) is 2. The number of halogens is 1. The first-order valence-corrected chi connectivity index (χ1v) is 10.5. The molecule has 0 spiro atoms. The van der Waals surface area contributed by atoms with Crippen LogP contribution in [0.1, 0.15) is 52.9 Å². The zero-order valence-electron chi connectivity index (χ0n) is 15.5. The standard InChI is InChI=1S/C16H34N4O2S.HI/c1-5-17-16(19-15-10-8-14(3)9-11-15)18-12-7-13-20(4)23(21,22)6-2;/h14-15H,5-13H2,1-4H3,(H2,17,18,19);1H. The van der Waals surface area contributed by atoms with E-state index in [0.717, 1.165) is 24.8 Å². The molecule has 24 heavy (non-hydrogen) atoms. The second-order valence-electron chi connectivity index (χ2n) is 6.44. The van der Waals surface area contributed by atoms with Crippen LogP contribution in [0.3, 0.4) is 0 Å². The van der Waals surface area contributed by atoms with Gasteiger partial charge in [0.1, 0.15) is 0 Å². The molecule has 0 aliphatic heterocycles. The first kappa shape index (κ1) is 23.9. The molecule has 1 fully saturated rings. The maximum atomic E-state index is 11.7. The summed E-state index contributed by atoms with van der Waals surface area (Å²) in [6.07, 6.45) is 5.67. The Bertz CT molecular complexity index is 463. The third-order valence-electron chi connectivity index (χ3n) is 4.44. The molecule has 0 radical (unpaired) electrons. The topological polar surface area (TPSA) is 73.8 Å². The molecule has 0 amide bonds. The van der Waals surface area contributed by atoms with Crippen molar-refractivity contribution in [3.05, 3.63) is 0 Å². The van der Waals surface area contributed by atoms with E-state index in [2.05, 4.69) is 29.5 Å². The first-order chi connectivity index (χ1) is 10.9. The average Bonchev–Trinajstić information content (AvgIpc) is 2.53. The molecule has 1 aliphatic rings. The second-order valence-corrected chi connectivity index (χ2v) is 8.80. The zero-order chi connectivity index (χ0) is 17.3. The van der Waals surface area contributed by atoms with Crippen LogP contribution in [0.4, 0.5) is 0 Å². The molecular formula is C16H35IN4O2S. The van der Waals surface area contributed by atoms with Gasteiger partial charge in [0, 0.05) is 32.7 Å². The minimum atomic E-state index is -3.08. The normalized spacial score (nSPS) is 22.1. The molecule has 0 unspecified atom stereocenters. The smallest absolute Gasteiger partial charge is 0.213 e. The van der Waals surface area contributed by atoms with E-state index in [1.54, 1.807) is 14.0 Å². The van der Waals surface area contributed by atoms with Crippen LogP contribution in [0.15, 0.2) is 4.99 Å². The fraction of sp³-hybridized carbons (Fsp3) is 0.938. The maximum absolute atomic E-state index is 11.7. The van der Waals surface area contributed by atoms with Gasteiger partial charge in [-0.3, -0.25) is 4.99 Å². The van der Waals surface area contributed by atoms with Gasteiger partial charge in [0.2, 0.25) is 10.0 Å². The molecular weight excluding hydrogens is 439 g/mol. The molecule has 144 valence electrons. The van der Waals surface area contributed by atoms with Crippen LogP contribution in [0, 0.1) is 5.92 Å². The molecule has 0 aromatic rings. The summed E-state index contributed by atoms with van der Waals surface area (Å²) in [4.78, 5) is 4.58. The van der Waals surface area contributed by atoms with Crippen molar-refractivity contribution in [1.29, 1.82) is 0 Å². The lowest BCUT2D eigenvalue weighted by molar-refractivity contribution is 0.329. The van der Waals surface area contributed by atoms with Crippen LogP contribution >= 0.6 is 24.0 Å². The molecule has 0 heterocycles. The summed E-state index contributed by atoms with van der Waals surface area (Å²) in [5.41, 5.74) is 0. The van der Waals surface area contributed by atoms with E-state index in [1.165, 1.54) is 30.0 Å². The maximum Gasteiger partial charge on any atom is 0.213 e. The number of nitrogens with zero attached hydrogens (tertiary/aromatic N) is 2. The molecule has 6 nitrogen and oxygen atoms in total. The van der Waals surface area contributed by atoms with Gasteiger partial charge in [0.15, 0.2) is 5.96 Å². The SMILES string of the molecule is CCNC(=NCCCN(C)S(=O)(=O)CC)NC1CCC(C)CC1.I. The molecule has 8 heteroatoms. The van der Waals surface area contributed by atoms with Gasteiger partial charge in [0.05, 0.1) is 5.75 Å². The Morgan fingerprint density at radius 2 is 1.83 bits per heavy atom. The lowest BCUT2D eigenvalue weighted by atomic mass is 9.87. The van der Waals surface area contributed by atoms with Crippen molar-refractivity contribution in [2.75, 3.05) is 32.4 Å². The van der Waals surface area contributed by atoms with E-state index in [-0.39, 0.29) is 29.7 Å². The summed E-state index contributed by atoms with van der Waals surface area (Å²) < 4.78 is 24.8. The predicted octanol–water partition coefficient (Wildman–Crippen LogP) is 2.41. The summed E-state index contributed by atoms with van der Waals surface area (Å²) in [6, 6.07) is 0.507. The van der Waals surface area contributed by atoms with E-state index < -0.39 is 10.0 Å². The summed E-state index contributed by atoms with van der Waals surface area (Å²) in [5.74, 6) is 1.84. The van der Waals surface area contributed by atoms with Crippen LogP contribution in [-0.4, -0.2) is 57.2 Å². The van der Waals surface area contributed by atoms with Crippen LogP contribution in [0.5, 0.6) is 0 Å². The van der Waals surface area contributed by atoms with Crippen LogP contribution in [0.25, 0.3) is 0 Å². The van der Waals surface area contributed by atoms with Gasteiger partial charge in [-0.05, 0) is 51.9 Å². The average molecular weight is 474 g/mol. The summed E-state index contributed by atoms with van der Waals surface area (Å²) in [6.45, 7) is 8.02. The molecule has 1 aliphatic carbocycles. The first-order valence-electron chi connectivity index (χ1n) is 8.87. The van der Waals surface area contributed by atoms with Crippen LogP contribution < -0.4 is 10.6 Å². The minimum Gasteiger partial charge on any atom is -0.357 e. The fourth-order valence-electron chi connectivity index (χ4n) is 2.76. The highest BCUT2D eigenvalue weighted by molar-refractivity contribution is 14.0. The van der Waals surface area contributed by atoms with Gasteiger partial charge in [-0.1, -0.05) is 6.92 Å². The van der Waals surface area contributed by atoms with Gasteiger partial charge < -0.3 is 10.6 Å². The zero-order valence-corrected chi connectivity index (χ0v) is 18.7. The monoisotopic (exact) mass is 474 g/mol. The van der Waals surface area contributed by atoms with Gasteiger partial charge in [0.25, 0.3) is 0 Å². The number of sulfonamides is 1. The summed E-state index contributed by atoms with van der Waals surface area (Å²) >= 11 is 0. The van der Waals surface area contributed by atoms with E-state index in [4.69, 9.17) is 0 Å².